The summed E-state index contributed by atoms with van der Waals surface area (Å²) in [5, 5.41) is 11.6. The van der Waals surface area contributed by atoms with Gasteiger partial charge in [0.25, 0.3) is 0 Å². The molecule has 2 N–H and O–H groups in total. The second-order valence-corrected chi connectivity index (χ2v) is 7.13. The Bertz CT molecular complexity index is 674. The van der Waals surface area contributed by atoms with Gasteiger partial charge in [-0.3, -0.25) is 4.79 Å². The summed E-state index contributed by atoms with van der Waals surface area (Å²) >= 11 is 0. The molecule has 1 saturated carbocycles. The fourth-order valence-electron chi connectivity index (χ4n) is 2.50. The van der Waals surface area contributed by atoms with Gasteiger partial charge in [-0.15, -0.1) is 0 Å². The summed E-state index contributed by atoms with van der Waals surface area (Å²) in [5.74, 6) is -0.327. The van der Waals surface area contributed by atoms with Crippen molar-refractivity contribution in [2.24, 2.45) is 0 Å². The minimum atomic E-state index is -3.79. The van der Waals surface area contributed by atoms with Crippen molar-refractivity contribution in [1.29, 1.82) is 5.26 Å². The van der Waals surface area contributed by atoms with E-state index in [0.717, 1.165) is 25.7 Å². The Hall–Kier alpha value is -1.91. The molecule has 0 aliphatic heterocycles. The predicted octanol–water partition coefficient (Wildman–Crippen LogP) is 1.29. The number of rotatable bonds is 5. The predicted molar refractivity (Wildman–Crippen MR) is 81.4 cm³/mol. The highest BCUT2D eigenvalue weighted by Crippen LogP contribution is 2.17. The van der Waals surface area contributed by atoms with Crippen LogP contribution in [-0.2, 0) is 14.8 Å². The van der Waals surface area contributed by atoms with Crippen LogP contribution in [0.3, 0.4) is 0 Å². The first kappa shape index (κ1) is 16.5. The van der Waals surface area contributed by atoms with Gasteiger partial charge in [0.05, 0.1) is 23.1 Å². The summed E-state index contributed by atoms with van der Waals surface area (Å²) in [5.41, 5.74) is 0.259. The van der Waals surface area contributed by atoms with Crippen molar-refractivity contribution in [1.82, 2.24) is 10.0 Å². The minimum absolute atomic E-state index is 0.0167. The molecule has 1 fully saturated rings. The van der Waals surface area contributed by atoms with Gasteiger partial charge >= 0.3 is 0 Å². The summed E-state index contributed by atoms with van der Waals surface area (Å²) in [7, 11) is -3.79. The van der Waals surface area contributed by atoms with Gasteiger partial charge in [-0.1, -0.05) is 25.3 Å². The van der Waals surface area contributed by atoms with Crippen molar-refractivity contribution in [3.8, 4) is 6.07 Å². The molecule has 1 aromatic carbocycles. The van der Waals surface area contributed by atoms with Crippen molar-refractivity contribution in [2.75, 3.05) is 6.54 Å². The standard InChI is InChI=1S/C15H19N3O3S/c16-10-12-5-4-8-14(9-12)22(20,21)17-11-15(19)18-13-6-2-1-3-7-13/h4-5,8-9,13,17H,1-3,6-7,11H2,(H,18,19). The number of benzene rings is 1. The summed E-state index contributed by atoms with van der Waals surface area (Å²) in [6.45, 7) is -0.296. The van der Waals surface area contributed by atoms with Crippen LogP contribution in [-0.4, -0.2) is 26.9 Å². The summed E-state index contributed by atoms with van der Waals surface area (Å²) in [6.07, 6.45) is 5.27. The lowest BCUT2D eigenvalue weighted by Crippen LogP contribution is -2.42. The van der Waals surface area contributed by atoms with Gasteiger partial charge in [0.1, 0.15) is 0 Å². The van der Waals surface area contributed by atoms with E-state index in [9.17, 15) is 13.2 Å². The fourth-order valence-corrected chi connectivity index (χ4v) is 3.53. The molecule has 1 aromatic rings. The maximum Gasteiger partial charge on any atom is 0.241 e. The van der Waals surface area contributed by atoms with E-state index in [-0.39, 0.29) is 29.0 Å². The highest BCUT2D eigenvalue weighted by molar-refractivity contribution is 7.89. The van der Waals surface area contributed by atoms with E-state index in [4.69, 9.17) is 5.26 Å². The monoisotopic (exact) mass is 321 g/mol. The first-order valence-electron chi connectivity index (χ1n) is 7.30. The Morgan fingerprint density at radius 3 is 2.68 bits per heavy atom. The van der Waals surface area contributed by atoms with Gasteiger partial charge in [-0.05, 0) is 31.0 Å². The average Bonchev–Trinajstić information content (AvgIpc) is 2.54. The lowest BCUT2D eigenvalue weighted by atomic mass is 9.95. The Labute approximate surface area is 130 Å². The molecule has 0 spiro atoms. The van der Waals surface area contributed by atoms with Crippen LogP contribution in [0.4, 0.5) is 0 Å². The Morgan fingerprint density at radius 1 is 1.27 bits per heavy atom. The van der Waals surface area contributed by atoms with Gasteiger partial charge in [-0.25, -0.2) is 13.1 Å². The molecule has 22 heavy (non-hydrogen) atoms. The highest BCUT2D eigenvalue weighted by Gasteiger charge is 2.19. The van der Waals surface area contributed by atoms with Crippen molar-refractivity contribution in [3.05, 3.63) is 29.8 Å². The smallest absolute Gasteiger partial charge is 0.241 e. The molecule has 2 rings (SSSR count). The number of carbonyl (C=O) groups excluding carboxylic acids is 1. The minimum Gasteiger partial charge on any atom is -0.352 e. The molecule has 118 valence electrons. The zero-order valence-electron chi connectivity index (χ0n) is 12.2. The molecule has 1 amide bonds. The Morgan fingerprint density at radius 2 is 2.00 bits per heavy atom. The zero-order chi connectivity index (χ0) is 16.0. The second-order valence-electron chi connectivity index (χ2n) is 5.37. The molecule has 1 aliphatic rings. The largest absolute Gasteiger partial charge is 0.352 e. The number of nitrogens with zero attached hydrogens (tertiary/aromatic N) is 1. The third-order valence-electron chi connectivity index (χ3n) is 3.67. The molecule has 7 heteroatoms. The first-order valence-corrected chi connectivity index (χ1v) is 8.79. The lowest BCUT2D eigenvalue weighted by Gasteiger charge is -2.22. The van der Waals surface area contributed by atoms with E-state index in [2.05, 4.69) is 10.0 Å². The van der Waals surface area contributed by atoms with Crippen molar-refractivity contribution in [2.45, 2.75) is 43.0 Å². The quantitative estimate of drug-likeness (QED) is 0.853. The lowest BCUT2D eigenvalue weighted by molar-refractivity contribution is -0.120. The fraction of sp³-hybridized carbons (Fsp3) is 0.467. The van der Waals surface area contributed by atoms with E-state index in [1.807, 2.05) is 6.07 Å². The summed E-state index contributed by atoms with van der Waals surface area (Å²) in [4.78, 5) is 11.8. The molecule has 0 atom stereocenters. The molecule has 0 saturated heterocycles. The summed E-state index contributed by atoms with van der Waals surface area (Å²) < 4.78 is 26.5. The van der Waals surface area contributed by atoms with Crippen LogP contribution < -0.4 is 10.0 Å². The van der Waals surface area contributed by atoms with Crippen LogP contribution in [0, 0.1) is 11.3 Å². The average molecular weight is 321 g/mol. The van der Waals surface area contributed by atoms with Crippen LogP contribution in [0.5, 0.6) is 0 Å². The third-order valence-corrected chi connectivity index (χ3v) is 5.07. The first-order chi connectivity index (χ1) is 10.5. The normalized spacial score (nSPS) is 16.0. The molecular formula is C15H19N3O3S. The SMILES string of the molecule is N#Cc1cccc(S(=O)(=O)NCC(=O)NC2CCCCC2)c1. The molecule has 0 aromatic heterocycles. The van der Waals surface area contributed by atoms with Crippen LogP contribution in [0.25, 0.3) is 0 Å². The highest BCUT2D eigenvalue weighted by atomic mass is 32.2. The van der Waals surface area contributed by atoms with Gasteiger partial charge in [0, 0.05) is 6.04 Å². The van der Waals surface area contributed by atoms with Crippen molar-refractivity contribution >= 4 is 15.9 Å². The number of hydrogen-bond donors (Lipinski definition) is 2. The molecular weight excluding hydrogens is 302 g/mol. The van der Waals surface area contributed by atoms with Crippen LogP contribution in [0.1, 0.15) is 37.7 Å². The van der Waals surface area contributed by atoms with Gasteiger partial charge in [0.2, 0.25) is 15.9 Å². The molecule has 0 bridgehead atoms. The van der Waals surface area contributed by atoms with Crippen LogP contribution in [0.2, 0.25) is 0 Å². The Kier molecular flexibility index (Phi) is 5.52. The maximum atomic E-state index is 12.1. The molecule has 0 radical (unpaired) electrons. The topological polar surface area (TPSA) is 99.1 Å². The molecule has 6 nitrogen and oxygen atoms in total. The number of nitriles is 1. The van der Waals surface area contributed by atoms with E-state index in [1.165, 1.54) is 30.7 Å². The number of amides is 1. The van der Waals surface area contributed by atoms with E-state index in [0.29, 0.717) is 0 Å². The molecule has 0 heterocycles. The van der Waals surface area contributed by atoms with Crippen molar-refractivity contribution in [3.63, 3.8) is 0 Å². The second kappa shape index (κ2) is 7.38. The molecule has 0 unspecified atom stereocenters. The summed E-state index contributed by atoms with van der Waals surface area (Å²) in [6, 6.07) is 7.72. The number of sulfonamides is 1. The van der Waals surface area contributed by atoms with Crippen LogP contribution >= 0.6 is 0 Å². The van der Waals surface area contributed by atoms with Gasteiger partial charge < -0.3 is 5.32 Å². The van der Waals surface area contributed by atoms with E-state index >= 15 is 0 Å². The van der Waals surface area contributed by atoms with E-state index in [1.54, 1.807) is 0 Å². The van der Waals surface area contributed by atoms with Gasteiger partial charge in [0.15, 0.2) is 0 Å². The third kappa shape index (κ3) is 4.55. The number of carbonyl (C=O) groups is 1. The van der Waals surface area contributed by atoms with Gasteiger partial charge in [-0.2, -0.15) is 5.26 Å². The van der Waals surface area contributed by atoms with E-state index < -0.39 is 10.0 Å². The molecule has 1 aliphatic carbocycles. The zero-order valence-corrected chi connectivity index (χ0v) is 13.0. The van der Waals surface area contributed by atoms with Crippen molar-refractivity contribution < 1.29 is 13.2 Å². The Balaban J connectivity index is 1.91. The van der Waals surface area contributed by atoms with Crippen LogP contribution in [0.15, 0.2) is 29.2 Å². The number of nitrogens with one attached hydrogen (secondary N) is 2. The maximum absolute atomic E-state index is 12.1. The number of hydrogen-bond acceptors (Lipinski definition) is 4.